The average molecular weight is 215 g/mol. The molecule has 2 rings (SSSR count). The number of piperidine rings is 1. The molecule has 0 N–H and O–H groups in total. The zero-order valence-corrected chi connectivity index (χ0v) is 9.94. The Morgan fingerprint density at radius 1 is 1.25 bits per heavy atom. The Morgan fingerprint density at radius 3 is 2.81 bits per heavy atom. The highest BCUT2D eigenvalue weighted by Crippen LogP contribution is 2.21. The molecule has 1 saturated heterocycles. The van der Waals surface area contributed by atoms with Crippen LogP contribution in [-0.2, 0) is 6.54 Å². The van der Waals surface area contributed by atoms with Gasteiger partial charge in [-0.1, -0.05) is 42.8 Å². The van der Waals surface area contributed by atoms with E-state index in [1.165, 1.54) is 31.4 Å². The standard InChI is InChI=1S/C15H21N/c1-2-8-15-11-6-7-12-16(15)13-14-9-4-3-5-10-14/h2-5,9-10,15H,1,6-8,11-13H2. The monoisotopic (exact) mass is 215 g/mol. The van der Waals surface area contributed by atoms with Gasteiger partial charge in [0.05, 0.1) is 0 Å². The third kappa shape index (κ3) is 2.96. The lowest BCUT2D eigenvalue weighted by Gasteiger charge is -2.35. The van der Waals surface area contributed by atoms with E-state index in [-0.39, 0.29) is 0 Å². The minimum Gasteiger partial charge on any atom is -0.296 e. The second-order valence-corrected chi connectivity index (χ2v) is 4.63. The van der Waals surface area contributed by atoms with Crippen LogP contribution < -0.4 is 0 Å². The second kappa shape index (κ2) is 5.86. The van der Waals surface area contributed by atoms with E-state index in [1.807, 2.05) is 0 Å². The molecule has 1 atom stereocenters. The van der Waals surface area contributed by atoms with Gasteiger partial charge < -0.3 is 0 Å². The molecule has 86 valence electrons. The lowest BCUT2D eigenvalue weighted by atomic mass is 9.98. The molecule has 0 saturated carbocycles. The zero-order chi connectivity index (χ0) is 11.2. The van der Waals surface area contributed by atoms with Gasteiger partial charge in [-0.15, -0.1) is 6.58 Å². The molecule has 0 radical (unpaired) electrons. The number of nitrogens with zero attached hydrogens (tertiary/aromatic N) is 1. The zero-order valence-electron chi connectivity index (χ0n) is 9.94. The van der Waals surface area contributed by atoms with Gasteiger partial charge in [-0.3, -0.25) is 4.90 Å². The summed E-state index contributed by atoms with van der Waals surface area (Å²) in [6.45, 7) is 6.21. The number of hydrogen-bond donors (Lipinski definition) is 0. The van der Waals surface area contributed by atoms with Gasteiger partial charge in [-0.05, 0) is 31.4 Å². The van der Waals surface area contributed by atoms with Crippen molar-refractivity contribution >= 4 is 0 Å². The Kier molecular flexibility index (Phi) is 4.17. The number of hydrogen-bond acceptors (Lipinski definition) is 1. The summed E-state index contributed by atoms with van der Waals surface area (Å²) < 4.78 is 0. The lowest BCUT2D eigenvalue weighted by Crippen LogP contribution is -2.38. The van der Waals surface area contributed by atoms with Crippen LogP contribution in [0.2, 0.25) is 0 Å². The molecule has 1 heterocycles. The number of rotatable bonds is 4. The molecule has 1 nitrogen and oxygen atoms in total. The first-order chi connectivity index (χ1) is 7.90. The van der Waals surface area contributed by atoms with Gasteiger partial charge >= 0.3 is 0 Å². The van der Waals surface area contributed by atoms with Gasteiger partial charge in [0, 0.05) is 12.6 Å². The molecule has 1 aliphatic rings. The SMILES string of the molecule is C=CCC1CCCCN1Cc1ccccc1. The molecule has 0 bridgehead atoms. The number of benzene rings is 1. The average Bonchev–Trinajstić information content (AvgIpc) is 2.33. The molecule has 0 amide bonds. The summed E-state index contributed by atoms with van der Waals surface area (Å²) in [4.78, 5) is 2.61. The molecular formula is C15H21N. The van der Waals surface area contributed by atoms with Crippen LogP contribution in [-0.4, -0.2) is 17.5 Å². The fourth-order valence-electron chi connectivity index (χ4n) is 2.55. The minimum absolute atomic E-state index is 0.714. The van der Waals surface area contributed by atoms with E-state index in [9.17, 15) is 0 Å². The molecule has 0 spiro atoms. The molecule has 1 heteroatoms. The van der Waals surface area contributed by atoms with Crippen molar-refractivity contribution in [1.82, 2.24) is 4.90 Å². The van der Waals surface area contributed by atoms with E-state index >= 15 is 0 Å². The molecule has 1 aliphatic heterocycles. The molecular weight excluding hydrogens is 194 g/mol. The van der Waals surface area contributed by atoms with Crippen LogP contribution in [0, 0.1) is 0 Å². The van der Waals surface area contributed by atoms with Crippen LogP contribution in [0.5, 0.6) is 0 Å². The predicted octanol–water partition coefficient (Wildman–Crippen LogP) is 3.62. The summed E-state index contributed by atoms with van der Waals surface area (Å²) in [6.07, 6.45) is 7.25. The van der Waals surface area contributed by atoms with Crippen LogP contribution in [0.1, 0.15) is 31.2 Å². The van der Waals surface area contributed by atoms with Crippen molar-refractivity contribution in [2.45, 2.75) is 38.3 Å². The van der Waals surface area contributed by atoms with Crippen LogP contribution in [0.4, 0.5) is 0 Å². The van der Waals surface area contributed by atoms with Gasteiger partial charge in [0.15, 0.2) is 0 Å². The Labute approximate surface area is 98.8 Å². The molecule has 1 aromatic carbocycles. The first-order valence-corrected chi connectivity index (χ1v) is 6.29. The fraction of sp³-hybridized carbons (Fsp3) is 0.467. The molecule has 1 fully saturated rings. The van der Waals surface area contributed by atoms with Crippen molar-refractivity contribution in [3.63, 3.8) is 0 Å². The number of likely N-dealkylation sites (tertiary alicyclic amines) is 1. The van der Waals surface area contributed by atoms with E-state index < -0.39 is 0 Å². The maximum Gasteiger partial charge on any atom is 0.0236 e. The summed E-state index contributed by atoms with van der Waals surface area (Å²) in [5.74, 6) is 0. The summed E-state index contributed by atoms with van der Waals surface area (Å²) in [6, 6.07) is 11.5. The normalized spacial score (nSPS) is 21.9. The van der Waals surface area contributed by atoms with Crippen LogP contribution >= 0.6 is 0 Å². The maximum absolute atomic E-state index is 3.87. The van der Waals surface area contributed by atoms with E-state index in [4.69, 9.17) is 0 Å². The molecule has 0 aliphatic carbocycles. The fourth-order valence-corrected chi connectivity index (χ4v) is 2.55. The quantitative estimate of drug-likeness (QED) is 0.693. The van der Waals surface area contributed by atoms with Crippen molar-refractivity contribution in [2.24, 2.45) is 0 Å². The Hall–Kier alpha value is -1.08. The summed E-state index contributed by atoms with van der Waals surface area (Å²) in [5.41, 5.74) is 1.43. The van der Waals surface area contributed by atoms with Gasteiger partial charge in [0.2, 0.25) is 0 Å². The third-order valence-electron chi connectivity index (χ3n) is 3.42. The first-order valence-electron chi connectivity index (χ1n) is 6.29. The molecule has 1 aromatic rings. The highest BCUT2D eigenvalue weighted by atomic mass is 15.2. The largest absolute Gasteiger partial charge is 0.296 e. The van der Waals surface area contributed by atoms with E-state index in [2.05, 4.69) is 47.9 Å². The molecule has 0 aromatic heterocycles. The van der Waals surface area contributed by atoms with Gasteiger partial charge in [-0.25, -0.2) is 0 Å². The van der Waals surface area contributed by atoms with Gasteiger partial charge in [-0.2, -0.15) is 0 Å². The Balaban J connectivity index is 1.98. The van der Waals surface area contributed by atoms with E-state index in [0.29, 0.717) is 6.04 Å². The van der Waals surface area contributed by atoms with Gasteiger partial charge in [0.25, 0.3) is 0 Å². The summed E-state index contributed by atoms with van der Waals surface area (Å²) in [5, 5.41) is 0. The van der Waals surface area contributed by atoms with Gasteiger partial charge in [0.1, 0.15) is 0 Å². The first kappa shape index (κ1) is 11.4. The highest BCUT2D eigenvalue weighted by Gasteiger charge is 2.20. The van der Waals surface area contributed by atoms with Crippen LogP contribution in [0.15, 0.2) is 43.0 Å². The van der Waals surface area contributed by atoms with E-state index in [1.54, 1.807) is 0 Å². The highest BCUT2D eigenvalue weighted by molar-refractivity contribution is 5.14. The summed E-state index contributed by atoms with van der Waals surface area (Å²) >= 11 is 0. The molecule has 1 unspecified atom stereocenters. The van der Waals surface area contributed by atoms with Crippen molar-refractivity contribution in [1.29, 1.82) is 0 Å². The van der Waals surface area contributed by atoms with Crippen molar-refractivity contribution in [2.75, 3.05) is 6.54 Å². The van der Waals surface area contributed by atoms with Crippen molar-refractivity contribution < 1.29 is 0 Å². The Bertz CT molecular complexity index is 317. The van der Waals surface area contributed by atoms with Crippen LogP contribution in [0.25, 0.3) is 0 Å². The van der Waals surface area contributed by atoms with E-state index in [0.717, 1.165) is 13.0 Å². The predicted molar refractivity (Wildman–Crippen MR) is 69.3 cm³/mol. The minimum atomic E-state index is 0.714. The smallest absolute Gasteiger partial charge is 0.0236 e. The second-order valence-electron chi connectivity index (χ2n) is 4.63. The Morgan fingerprint density at radius 2 is 2.06 bits per heavy atom. The topological polar surface area (TPSA) is 3.24 Å². The third-order valence-corrected chi connectivity index (χ3v) is 3.42. The molecule has 16 heavy (non-hydrogen) atoms. The lowest BCUT2D eigenvalue weighted by molar-refractivity contribution is 0.141. The summed E-state index contributed by atoms with van der Waals surface area (Å²) in [7, 11) is 0. The van der Waals surface area contributed by atoms with Crippen molar-refractivity contribution in [3.8, 4) is 0 Å². The van der Waals surface area contributed by atoms with Crippen LogP contribution in [0.3, 0.4) is 0 Å². The maximum atomic E-state index is 3.87. The van der Waals surface area contributed by atoms with Crippen molar-refractivity contribution in [3.05, 3.63) is 48.6 Å².